The van der Waals surface area contributed by atoms with Crippen LogP contribution >= 0.6 is 11.6 Å². The molecule has 0 aliphatic heterocycles. The molecule has 0 spiro atoms. The average molecular weight is 154 g/mol. The first-order valence-corrected chi connectivity index (χ1v) is 3.79. The predicted octanol–water partition coefficient (Wildman–Crippen LogP) is 3.30. The van der Waals surface area contributed by atoms with Gasteiger partial charge in [-0.25, -0.2) is 0 Å². The number of hydrogen-bond donors (Lipinski definition) is 0. The van der Waals surface area contributed by atoms with E-state index in [4.69, 9.17) is 11.6 Å². The van der Waals surface area contributed by atoms with Gasteiger partial charge in [-0.2, -0.15) is 0 Å². The molecular formula is C9H10Cl. The lowest BCUT2D eigenvalue weighted by Gasteiger charge is -1.95. The first kappa shape index (κ1) is 7.62. The van der Waals surface area contributed by atoms with E-state index in [9.17, 15) is 0 Å². The molecule has 0 bridgehead atoms. The highest BCUT2D eigenvalue weighted by molar-refractivity contribution is 6.30. The molecule has 10 heavy (non-hydrogen) atoms. The van der Waals surface area contributed by atoms with Gasteiger partial charge in [-0.15, -0.1) is 0 Å². The van der Waals surface area contributed by atoms with Crippen LogP contribution in [0.3, 0.4) is 0 Å². The van der Waals surface area contributed by atoms with E-state index in [2.05, 4.69) is 13.3 Å². The van der Waals surface area contributed by atoms with Gasteiger partial charge in [0.05, 0.1) is 0 Å². The molecule has 0 nitrogen and oxygen atoms in total. The van der Waals surface area contributed by atoms with Gasteiger partial charge < -0.3 is 0 Å². The van der Waals surface area contributed by atoms with Crippen LogP contribution in [0.25, 0.3) is 0 Å². The third-order valence-corrected chi connectivity index (χ3v) is 1.56. The SMILES string of the molecule is CC[CH]c1ccc(Cl)cc1. The topological polar surface area (TPSA) is 0 Å². The van der Waals surface area contributed by atoms with Gasteiger partial charge in [-0.1, -0.05) is 30.7 Å². The minimum Gasteiger partial charge on any atom is -0.0843 e. The van der Waals surface area contributed by atoms with E-state index in [0.29, 0.717) is 0 Å². The van der Waals surface area contributed by atoms with Gasteiger partial charge in [0, 0.05) is 5.02 Å². The molecule has 0 saturated heterocycles. The van der Waals surface area contributed by atoms with Crippen molar-refractivity contribution in [3.05, 3.63) is 41.3 Å². The van der Waals surface area contributed by atoms with Crippen LogP contribution in [0.4, 0.5) is 0 Å². The van der Waals surface area contributed by atoms with Crippen LogP contribution < -0.4 is 0 Å². The fourth-order valence-corrected chi connectivity index (χ4v) is 0.961. The average Bonchev–Trinajstić information content (AvgIpc) is 1.95. The van der Waals surface area contributed by atoms with Gasteiger partial charge >= 0.3 is 0 Å². The van der Waals surface area contributed by atoms with Crippen molar-refractivity contribution in [2.24, 2.45) is 0 Å². The summed E-state index contributed by atoms with van der Waals surface area (Å²) in [5.41, 5.74) is 1.24. The van der Waals surface area contributed by atoms with Crippen LogP contribution in [0, 0.1) is 6.42 Å². The van der Waals surface area contributed by atoms with Crippen LogP contribution in [0.15, 0.2) is 24.3 Å². The number of benzene rings is 1. The molecule has 0 aromatic heterocycles. The van der Waals surface area contributed by atoms with Crippen molar-refractivity contribution >= 4 is 11.6 Å². The Bertz CT molecular complexity index is 188. The number of halogens is 1. The Kier molecular flexibility index (Phi) is 2.76. The zero-order chi connectivity index (χ0) is 7.40. The highest BCUT2D eigenvalue weighted by atomic mass is 35.5. The van der Waals surface area contributed by atoms with Gasteiger partial charge in [0.25, 0.3) is 0 Å². The highest BCUT2D eigenvalue weighted by Crippen LogP contribution is 2.11. The van der Waals surface area contributed by atoms with E-state index < -0.39 is 0 Å². The van der Waals surface area contributed by atoms with Crippen LogP contribution in [-0.4, -0.2) is 0 Å². The lowest BCUT2D eigenvalue weighted by atomic mass is 10.1. The molecule has 0 unspecified atom stereocenters. The van der Waals surface area contributed by atoms with Crippen molar-refractivity contribution in [1.29, 1.82) is 0 Å². The van der Waals surface area contributed by atoms with Crippen LogP contribution in [-0.2, 0) is 0 Å². The summed E-state index contributed by atoms with van der Waals surface area (Å²) in [4.78, 5) is 0. The summed E-state index contributed by atoms with van der Waals surface area (Å²) in [7, 11) is 0. The summed E-state index contributed by atoms with van der Waals surface area (Å²) in [5.74, 6) is 0. The van der Waals surface area contributed by atoms with Gasteiger partial charge in [-0.05, 0) is 30.5 Å². The van der Waals surface area contributed by atoms with Crippen molar-refractivity contribution in [3.8, 4) is 0 Å². The fraction of sp³-hybridized carbons (Fsp3) is 0.222. The van der Waals surface area contributed by atoms with Gasteiger partial charge in [0.1, 0.15) is 0 Å². The first-order valence-electron chi connectivity index (χ1n) is 3.41. The predicted molar refractivity (Wildman–Crippen MR) is 45.1 cm³/mol. The molecule has 0 amide bonds. The van der Waals surface area contributed by atoms with Crippen LogP contribution in [0.2, 0.25) is 5.02 Å². The maximum Gasteiger partial charge on any atom is 0.0406 e. The van der Waals surface area contributed by atoms with Gasteiger partial charge in [0.2, 0.25) is 0 Å². The van der Waals surface area contributed by atoms with E-state index in [0.717, 1.165) is 11.4 Å². The minimum atomic E-state index is 0.799. The van der Waals surface area contributed by atoms with E-state index in [-0.39, 0.29) is 0 Å². The molecule has 1 aromatic rings. The summed E-state index contributed by atoms with van der Waals surface area (Å²) >= 11 is 5.70. The Morgan fingerprint density at radius 2 is 1.90 bits per heavy atom. The molecule has 0 atom stereocenters. The molecular weight excluding hydrogens is 144 g/mol. The highest BCUT2D eigenvalue weighted by Gasteiger charge is 1.89. The third-order valence-electron chi connectivity index (χ3n) is 1.31. The summed E-state index contributed by atoms with van der Waals surface area (Å²) in [5, 5.41) is 0.799. The van der Waals surface area contributed by atoms with Crippen LogP contribution in [0.5, 0.6) is 0 Å². The number of hydrogen-bond acceptors (Lipinski definition) is 0. The fourth-order valence-electron chi connectivity index (χ4n) is 0.835. The van der Waals surface area contributed by atoms with E-state index >= 15 is 0 Å². The quantitative estimate of drug-likeness (QED) is 0.612. The van der Waals surface area contributed by atoms with Crippen molar-refractivity contribution in [1.82, 2.24) is 0 Å². The molecule has 0 aliphatic rings. The molecule has 1 aromatic carbocycles. The largest absolute Gasteiger partial charge is 0.0843 e. The molecule has 0 heterocycles. The normalized spacial score (nSPS) is 9.80. The summed E-state index contributed by atoms with van der Waals surface area (Å²) in [6, 6.07) is 7.85. The van der Waals surface area contributed by atoms with Crippen molar-refractivity contribution in [2.45, 2.75) is 13.3 Å². The smallest absolute Gasteiger partial charge is 0.0406 e. The van der Waals surface area contributed by atoms with Crippen LogP contribution in [0.1, 0.15) is 18.9 Å². The zero-order valence-electron chi connectivity index (χ0n) is 5.97. The second-order valence-corrected chi connectivity index (χ2v) is 2.60. The minimum absolute atomic E-state index is 0.799. The summed E-state index contributed by atoms with van der Waals surface area (Å²) < 4.78 is 0. The molecule has 1 radical (unpaired) electrons. The molecule has 1 heteroatoms. The van der Waals surface area contributed by atoms with Crippen molar-refractivity contribution in [2.75, 3.05) is 0 Å². The third kappa shape index (κ3) is 2.03. The van der Waals surface area contributed by atoms with E-state index in [1.54, 1.807) is 0 Å². The molecule has 0 fully saturated rings. The van der Waals surface area contributed by atoms with E-state index in [1.165, 1.54) is 5.56 Å². The van der Waals surface area contributed by atoms with Gasteiger partial charge in [0.15, 0.2) is 0 Å². The second kappa shape index (κ2) is 3.62. The Morgan fingerprint density at radius 1 is 1.30 bits per heavy atom. The molecule has 0 saturated carbocycles. The molecule has 0 N–H and O–H groups in total. The second-order valence-electron chi connectivity index (χ2n) is 2.16. The maximum absolute atomic E-state index is 5.70. The Balaban J connectivity index is 2.69. The number of rotatable bonds is 2. The van der Waals surface area contributed by atoms with Gasteiger partial charge in [-0.3, -0.25) is 0 Å². The van der Waals surface area contributed by atoms with Crippen molar-refractivity contribution < 1.29 is 0 Å². The molecule has 53 valence electrons. The standard InChI is InChI=1S/C9H10Cl/c1-2-3-8-4-6-9(10)7-5-8/h3-7H,2H2,1H3. The summed E-state index contributed by atoms with van der Waals surface area (Å²) in [6.45, 7) is 2.12. The summed E-state index contributed by atoms with van der Waals surface area (Å²) in [6.07, 6.45) is 3.23. The monoisotopic (exact) mass is 153 g/mol. The Hall–Kier alpha value is -0.490. The maximum atomic E-state index is 5.70. The Morgan fingerprint density at radius 3 is 2.40 bits per heavy atom. The molecule has 0 aliphatic carbocycles. The van der Waals surface area contributed by atoms with Crippen molar-refractivity contribution in [3.63, 3.8) is 0 Å². The van der Waals surface area contributed by atoms with E-state index in [1.807, 2.05) is 24.3 Å². The zero-order valence-corrected chi connectivity index (χ0v) is 6.73. The Labute approximate surface area is 66.8 Å². The molecule has 1 rings (SSSR count). The lowest BCUT2D eigenvalue weighted by Crippen LogP contribution is -1.77. The lowest BCUT2D eigenvalue weighted by molar-refractivity contribution is 1.12. The first-order chi connectivity index (χ1) is 4.83.